The molecule has 1 saturated carbocycles. The van der Waals surface area contributed by atoms with Crippen LogP contribution in [0.4, 0.5) is 13.2 Å². The lowest BCUT2D eigenvalue weighted by molar-refractivity contribution is -0.149. The number of nitrogens with zero attached hydrogens (tertiary/aromatic N) is 1. The van der Waals surface area contributed by atoms with Gasteiger partial charge >= 0.3 is 12.1 Å². The summed E-state index contributed by atoms with van der Waals surface area (Å²) in [5.41, 5.74) is -0.978. The highest BCUT2D eigenvalue weighted by atomic mass is 32.1. The summed E-state index contributed by atoms with van der Waals surface area (Å²) in [7, 11) is 0. The molecule has 0 saturated heterocycles. The minimum absolute atomic E-state index is 0.0772. The quantitative estimate of drug-likeness (QED) is 0.769. The Balaban J connectivity index is 1.67. The van der Waals surface area contributed by atoms with E-state index >= 15 is 0 Å². The van der Waals surface area contributed by atoms with Gasteiger partial charge in [-0.15, -0.1) is 11.3 Å². The Kier molecular flexibility index (Phi) is 5.74. The number of amides is 1. The van der Waals surface area contributed by atoms with Gasteiger partial charge in [0.1, 0.15) is 10.5 Å². The zero-order valence-electron chi connectivity index (χ0n) is 14.9. The standard InChI is InChI=1S/C19H19F3N2O3S/c20-19(21,22)13-6-4-12(5-7-13)16-23-14(11-28-16)10-15(25)24-18(17(26)27)8-2-1-3-9-18/h4-7,11H,1-3,8-10H2,(H,24,25)(H,26,27). The molecule has 1 aliphatic carbocycles. The van der Waals surface area contributed by atoms with E-state index in [4.69, 9.17) is 0 Å². The molecule has 2 N–H and O–H groups in total. The summed E-state index contributed by atoms with van der Waals surface area (Å²) in [4.78, 5) is 28.3. The van der Waals surface area contributed by atoms with Crippen LogP contribution in [0.3, 0.4) is 0 Å². The lowest BCUT2D eigenvalue weighted by atomic mass is 9.81. The second-order valence-corrected chi connectivity index (χ2v) is 7.75. The van der Waals surface area contributed by atoms with Crippen LogP contribution in [0.1, 0.15) is 43.4 Å². The third kappa shape index (κ3) is 4.52. The van der Waals surface area contributed by atoms with E-state index in [0.29, 0.717) is 29.1 Å². The topological polar surface area (TPSA) is 79.3 Å². The molecular formula is C19H19F3N2O3S. The van der Waals surface area contributed by atoms with Crippen LogP contribution in [0, 0.1) is 0 Å². The van der Waals surface area contributed by atoms with Crippen LogP contribution >= 0.6 is 11.3 Å². The first-order chi connectivity index (χ1) is 13.2. The maximum atomic E-state index is 12.7. The van der Waals surface area contributed by atoms with Crippen LogP contribution in [-0.4, -0.2) is 27.5 Å². The largest absolute Gasteiger partial charge is 0.480 e. The van der Waals surface area contributed by atoms with Gasteiger partial charge in [-0.1, -0.05) is 31.4 Å². The first-order valence-corrected chi connectivity index (χ1v) is 9.74. The molecule has 5 nitrogen and oxygen atoms in total. The number of carboxylic acids is 1. The minimum Gasteiger partial charge on any atom is -0.480 e. The van der Waals surface area contributed by atoms with Crippen molar-refractivity contribution >= 4 is 23.2 Å². The van der Waals surface area contributed by atoms with Gasteiger partial charge in [0, 0.05) is 10.9 Å². The molecule has 0 bridgehead atoms. The van der Waals surface area contributed by atoms with Crippen molar-refractivity contribution in [3.8, 4) is 10.6 Å². The van der Waals surface area contributed by atoms with Gasteiger partial charge in [0.25, 0.3) is 0 Å². The molecule has 1 aromatic heterocycles. The van der Waals surface area contributed by atoms with E-state index in [2.05, 4.69) is 10.3 Å². The second kappa shape index (κ2) is 7.90. The van der Waals surface area contributed by atoms with Gasteiger partial charge in [0.15, 0.2) is 0 Å². The third-order valence-corrected chi connectivity index (χ3v) is 5.79. The number of hydrogen-bond acceptors (Lipinski definition) is 4. The van der Waals surface area contributed by atoms with E-state index in [-0.39, 0.29) is 6.42 Å². The van der Waals surface area contributed by atoms with Gasteiger partial charge in [-0.2, -0.15) is 13.2 Å². The number of thiazole rings is 1. The molecule has 1 aliphatic rings. The van der Waals surface area contributed by atoms with Crippen molar-refractivity contribution in [1.29, 1.82) is 0 Å². The number of carbonyl (C=O) groups is 2. The first-order valence-electron chi connectivity index (χ1n) is 8.86. The number of halogens is 3. The summed E-state index contributed by atoms with van der Waals surface area (Å²) in [6.07, 6.45) is -1.21. The number of benzene rings is 1. The van der Waals surface area contributed by atoms with Crippen molar-refractivity contribution < 1.29 is 27.9 Å². The SMILES string of the molecule is O=C(Cc1csc(-c2ccc(C(F)(F)F)cc2)n1)NC1(C(=O)O)CCCCC1. The number of nitrogens with one attached hydrogen (secondary N) is 1. The summed E-state index contributed by atoms with van der Waals surface area (Å²) in [5, 5.41) is 14.3. The molecule has 1 fully saturated rings. The zero-order valence-corrected chi connectivity index (χ0v) is 15.7. The molecule has 0 aliphatic heterocycles. The Morgan fingerprint density at radius 3 is 2.36 bits per heavy atom. The van der Waals surface area contributed by atoms with Crippen LogP contribution in [0.5, 0.6) is 0 Å². The van der Waals surface area contributed by atoms with E-state index in [1.807, 2.05) is 0 Å². The van der Waals surface area contributed by atoms with Crippen LogP contribution in [0.2, 0.25) is 0 Å². The number of alkyl halides is 3. The molecule has 1 heterocycles. The molecule has 150 valence electrons. The van der Waals surface area contributed by atoms with E-state index in [9.17, 15) is 27.9 Å². The van der Waals surface area contributed by atoms with Crippen molar-refractivity contribution in [3.63, 3.8) is 0 Å². The molecule has 1 aromatic carbocycles. The molecule has 9 heteroatoms. The van der Waals surface area contributed by atoms with Crippen molar-refractivity contribution in [2.45, 2.75) is 50.2 Å². The Labute approximate surface area is 163 Å². The summed E-state index contributed by atoms with van der Waals surface area (Å²) in [6.45, 7) is 0. The predicted molar refractivity (Wildman–Crippen MR) is 97.9 cm³/mol. The van der Waals surface area contributed by atoms with Gasteiger partial charge in [-0.05, 0) is 25.0 Å². The number of carbonyl (C=O) groups excluding carboxylic acids is 1. The lowest BCUT2D eigenvalue weighted by Gasteiger charge is -2.33. The Hall–Kier alpha value is -2.42. The maximum absolute atomic E-state index is 12.7. The molecule has 0 spiro atoms. The fourth-order valence-corrected chi connectivity index (χ4v) is 4.17. The fourth-order valence-electron chi connectivity index (χ4n) is 3.35. The number of aromatic nitrogens is 1. The molecule has 1 amide bonds. The monoisotopic (exact) mass is 412 g/mol. The molecule has 0 radical (unpaired) electrons. The van der Waals surface area contributed by atoms with Gasteiger partial charge in [0.05, 0.1) is 17.7 Å². The summed E-state index contributed by atoms with van der Waals surface area (Å²) in [5.74, 6) is -1.45. The zero-order chi connectivity index (χ0) is 20.4. The highest BCUT2D eigenvalue weighted by Crippen LogP contribution is 2.32. The van der Waals surface area contributed by atoms with Gasteiger partial charge in [-0.25, -0.2) is 9.78 Å². The van der Waals surface area contributed by atoms with Crippen molar-refractivity contribution in [1.82, 2.24) is 10.3 Å². The highest BCUT2D eigenvalue weighted by Gasteiger charge is 2.40. The second-order valence-electron chi connectivity index (χ2n) is 6.89. The van der Waals surface area contributed by atoms with Gasteiger partial charge in [0.2, 0.25) is 5.91 Å². The molecular weight excluding hydrogens is 393 g/mol. The fraction of sp³-hybridized carbons (Fsp3) is 0.421. The average Bonchev–Trinajstić information content (AvgIpc) is 3.10. The summed E-state index contributed by atoms with van der Waals surface area (Å²) in [6, 6.07) is 4.66. The molecule has 0 atom stereocenters. The third-order valence-electron chi connectivity index (χ3n) is 4.85. The smallest absolute Gasteiger partial charge is 0.416 e. The van der Waals surface area contributed by atoms with Gasteiger partial charge in [-0.3, -0.25) is 4.79 Å². The van der Waals surface area contributed by atoms with Gasteiger partial charge < -0.3 is 10.4 Å². The highest BCUT2D eigenvalue weighted by molar-refractivity contribution is 7.13. The number of hydrogen-bond donors (Lipinski definition) is 2. The summed E-state index contributed by atoms with van der Waals surface area (Å²) < 4.78 is 38.0. The number of aliphatic carboxylic acids is 1. The molecule has 0 unspecified atom stereocenters. The van der Waals surface area contributed by atoms with E-state index in [1.165, 1.54) is 23.5 Å². The molecule has 3 rings (SSSR count). The van der Waals surface area contributed by atoms with Crippen molar-refractivity contribution in [2.75, 3.05) is 0 Å². The van der Waals surface area contributed by atoms with E-state index in [1.54, 1.807) is 5.38 Å². The van der Waals surface area contributed by atoms with E-state index < -0.39 is 29.2 Å². The normalized spacial score (nSPS) is 16.5. The van der Waals surface area contributed by atoms with Crippen LogP contribution in [0.15, 0.2) is 29.6 Å². The van der Waals surface area contributed by atoms with Crippen molar-refractivity contribution in [3.05, 3.63) is 40.9 Å². The number of rotatable bonds is 5. The maximum Gasteiger partial charge on any atom is 0.416 e. The van der Waals surface area contributed by atoms with Crippen LogP contribution in [0.25, 0.3) is 10.6 Å². The predicted octanol–water partition coefficient (Wildman–Crippen LogP) is 4.28. The van der Waals surface area contributed by atoms with Crippen LogP contribution < -0.4 is 5.32 Å². The molecule has 28 heavy (non-hydrogen) atoms. The first kappa shape index (κ1) is 20.3. The number of carboxylic acid groups (broad SMARTS) is 1. The van der Waals surface area contributed by atoms with Crippen LogP contribution in [-0.2, 0) is 22.2 Å². The Morgan fingerprint density at radius 2 is 1.79 bits per heavy atom. The Bertz CT molecular complexity index is 856. The molecule has 2 aromatic rings. The average molecular weight is 412 g/mol. The Morgan fingerprint density at radius 1 is 1.14 bits per heavy atom. The minimum atomic E-state index is -4.40. The van der Waals surface area contributed by atoms with Crippen molar-refractivity contribution in [2.24, 2.45) is 0 Å². The summed E-state index contributed by atoms with van der Waals surface area (Å²) >= 11 is 1.22. The van der Waals surface area contributed by atoms with E-state index in [0.717, 1.165) is 31.4 Å². The lowest BCUT2D eigenvalue weighted by Crippen LogP contribution is -2.56.